The van der Waals surface area contributed by atoms with Crippen molar-refractivity contribution < 1.29 is 19.5 Å². The van der Waals surface area contributed by atoms with E-state index in [0.29, 0.717) is 13.1 Å². The van der Waals surface area contributed by atoms with Crippen LogP contribution >= 0.6 is 0 Å². The third-order valence-electron chi connectivity index (χ3n) is 2.91. The first-order valence-electron chi connectivity index (χ1n) is 5.93. The maximum atomic E-state index is 12.0. The number of rotatable bonds is 4. The van der Waals surface area contributed by atoms with Gasteiger partial charge in [0, 0.05) is 19.5 Å². The van der Waals surface area contributed by atoms with E-state index in [9.17, 15) is 14.4 Å². The Hall–Kier alpha value is -2.37. The molecule has 1 fully saturated rings. The Morgan fingerprint density at radius 3 is 2.53 bits per heavy atom. The summed E-state index contributed by atoms with van der Waals surface area (Å²) in [6, 6.07) is 8.83. The standard InChI is InChI=1S/C13H14N2O4/c16-11-6-7-14(8-10-4-2-1-3-5-10)13(19)15(11)9-12(17)18/h1-5H,6-9H2,(H,17,18). The fraction of sp³-hybridized carbons (Fsp3) is 0.308. The van der Waals surface area contributed by atoms with Gasteiger partial charge in [-0.25, -0.2) is 4.79 Å². The molecule has 2 rings (SSSR count). The van der Waals surface area contributed by atoms with Crippen molar-refractivity contribution in [1.29, 1.82) is 0 Å². The molecule has 1 N–H and O–H groups in total. The molecule has 1 aliphatic heterocycles. The van der Waals surface area contributed by atoms with Gasteiger partial charge < -0.3 is 10.0 Å². The minimum Gasteiger partial charge on any atom is -0.480 e. The zero-order valence-electron chi connectivity index (χ0n) is 10.3. The second-order valence-corrected chi connectivity index (χ2v) is 4.31. The van der Waals surface area contributed by atoms with Crippen molar-refractivity contribution in [2.45, 2.75) is 13.0 Å². The number of nitrogens with zero attached hydrogens (tertiary/aromatic N) is 2. The number of carbonyl (C=O) groups is 3. The van der Waals surface area contributed by atoms with Crippen molar-refractivity contribution in [2.24, 2.45) is 0 Å². The van der Waals surface area contributed by atoms with Crippen molar-refractivity contribution in [2.75, 3.05) is 13.1 Å². The molecule has 19 heavy (non-hydrogen) atoms. The van der Waals surface area contributed by atoms with E-state index in [1.165, 1.54) is 4.90 Å². The number of urea groups is 1. The molecule has 1 aromatic rings. The highest BCUT2D eigenvalue weighted by molar-refractivity contribution is 5.99. The highest BCUT2D eigenvalue weighted by atomic mass is 16.4. The average molecular weight is 262 g/mol. The molecule has 0 spiro atoms. The monoisotopic (exact) mass is 262 g/mol. The van der Waals surface area contributed by atoms with Gasteiger partial charge >= 0.3 is 12.0 Å². The summed E-state index contributed by atoms with van der Waals surface area (Å²) in [5, 5.41) is 8.71. The number of benzene rings is 1. The zero-order valence-corrected chi connectivity index (χ0v) is 10.3. The second kappa shape index (κ2) is 5.51. The summed E-state index contributed by atoms with van der Waals surface area (Å²) in [6.45, 7) is 0.120. The van der Waals surface area contributed by atoms with Gasteiger partial charge in [0.05, 0.1) is 0 Å². The summed E-state index contributed by atoms with van der Waals surface area (Å²) in [7, 11) is 0. The van der Waals surface area contributed by atoms with Crippen LogP contribution in [0.4, 0.5) is 4.79 Å². The van der Waals surface area contributed by atoms with Gasteiger partial charge in [-0.3, -0.25) is 14.5 Å². The number of carboxylic acid groups (broad SMARTS) is 1. The van der Waals surface area contributed by atoms with Crippen molar-refractivity contribution in [3.8, 4) is 0 Å². The number of hydrogen-bond acceptors (Lipinski definition) is 3. The van der Waals surface area contributed by atoms with E-state index in [0.717, 1.165) is 10.5 Å². The molecule has 0 radical (unpaired) electrons. The van der Waals surface area contributed by atoms with Crippen molar-refractivity contribution in [3.05, 3.63) is 35.9 Å². The van der Waals surface area contributed by atoms with Crippen LogP contribution in [-0.2, 0) is 16.1 Å². The molecule has 6 nitrogen and oxygen atoms in total. The molecule has 100 valence electrons. The van der Waals surface area contributed by atoms with E-state index in [2.05, 4.69) is 0 Å². The Labute approximate surface area is 110 Å². The summed E-state index contributed by atoms with van der Waals surface area (Å²) in [6.07, 6.45) is 0.159. The first-order chi connectivity index (χ1) is 9.08. The van der Waals surface area contributed by atoms with Crippen LogP contribution in [0.25, 0.3) is 0 Å². The third kappa shape index (κ3) is 3.09. The van der Waals surface area contributed by atoms with Gasteiger partial charge in [-0.2, -0.15) is 0 Å². The van der Waals surface area contributed by atoms with Crippen LogP contribution in [0, 0.1) is 0 Å². The number of carbonyl (C=O) groups excluding carboxylic acids is 2. The zero-order chi connectivity index (χ0) is 13.8. The number of aliphatic carboxylic acids is 1. The average Bonchev–Trinajstić information content (AvgIpc) is 2.39. The number of amides is 3. The predicted molar refractivity (Wildman–Crippen MR) is 66.2 cm³/mol. The highest BCUT2D eigenvalue weighted by Gasteiger charge is 2.33. The SMILES string of the molecule is O=C(O)CN1C(=O)CCN(Cc2ccccc2)C1=O. The van der Waals surface area contributed by atoms with Gasteiger partial charge in [0.15, 0.2) is 0 Å². The fourth-order valence-corrected chi connectivity index (χ4v) is 1.98. The van der Waals surface area contributed by atoms with Gasteiger partial charge in [-0.15, -0.1) is 0 Å². The Bertz CT molecular complexity index is 501. The third-order valence-corrected chi connectivity index (χ3v) is 2.91. The lowest BCUT2D eigenvalue weighted by Gasteiger charge is -2.33. The molecule has 0 unspecified atom stereocenters. The highest BCUT2D eigenvalue weighted by Crippen LogP contribution is 2.14. The van der Waals surface area contributed by atoms with E-state index in [4.69, 9.17) is 5.11 Å². The largest absolute Gasteiger partial charge is 0.480 e. The van der Waals surface area contributed by atoms with Crippen LogP contribution in [0.15, 0.2) is 30.3 Å². The first-order valence-corrected chi connectivity index (χ1v) is 5.93. The van der Waals surface area contributed by atoms with Crippen LogP contribution in [0.2, 0.25) is 0 Å². The van der Waals surface area contributed by atoms with Gasteiger partial charge in [-0.1, -0.05) is 30.3 Å². The van der Waals surface area contributed by atoms with Crippen LogP contribution in [0.1, 0.15) is 12.0 Å². The van der Waals surface area contributed by atoms with E-state index in [-0.39, 0.29) is 6.42 Å². The van der Waals surface area contributed by atoms with Gasteiger partial charge in [0.2, 0.25) is 5.91 Å². The molecule has 0 saturated carbocycles. The molecule has 0 atom stereocenters. The smallest absolute Gasteiger partial charge is 0.327 e. The van der Waals surface area contributed by atoms with Gasteiger partial charge in [0.1, 0.15) is 6.54 Å². The Morgan fingerprint density at radius 2 is 1.89 bits per heavy atom. The summed E-state index contributed by atoms with van der Waals surface area (Å²) in [5.74, 6) is -1.63. The fourth-order valence-electron chi connectivity index (χ4n) is 1.98. The second-order valence-electron chi connectivity index (χ2n) is 4.31. The molecule has 0 aliphatic carbocycles. The Morgan fingerprint density at radius 1 is 1.21 bits per heavy atom. The van der Waals surface area contributed by atoms with Crippen LogP contribution in [0.5, 0.6) is 0 Å². The summed E-state index contributed by atoms with van der Waals surface area (Å²) >= 11 is 0. The van der Waals surface area contributed by atoms with Crippen LogP contribution < -0.4 is 0 Å². The maximum absolute atomic E-state index is 12.0. The molecule has 1 saturated heterocycles. The maximum Gasteiger partial charge on any atom is 0.327 e. The number of carboxylic acids is 1. The molecular formula is C13H14N2O4. The molecule has 1 heterocycles. The minimum atomic E-state index is -1.19. The van der Waals surface area contributed by atoms with E-state index in [1.807, 2.05) is 30.3 Å². The molecule has 0 bridgehead atoms. The van der Waals surface area contributed by atoms with Crippen LogP contribution in [0.3, 0.4) is 0 Å². The number of hydrogen-bond donors (Lipinski definition) is 1. The lowest BCUT2D eigenvalue weighted by Crippen LogP contribution is -2.53. The molecule has 6 heteroatoms. The van der Waals surface area contributed by atoms with E-state index < -0.39 is 24.5 Å². The van der Waals surface area contributed by atoms with Crippen LogP contribution in [-0.4, -0.2) is 45.9 Å². The molecule has 1 aliphatic rings. The summed E-state index contributed by atoms with van der Waals surface area (Å²) < 4.78 is 0. The van der Waals surface area contributed by atoms with Crippen molar-refractivity contribution in [1.82, 2.24) is 9.80 Å². The minimum absolute atomic E-state index is 0.159. The van der Waals surface area contributed by atoms with E-state index in [1.54, 1.807) is 0 Å². The lowest BCUT2D eigenvalue weighted by atomic mass is 10.2. The Balaban J connectivity index is 2.08. The van der Waals surface area contributed by atoms with Gasteiger partial charge in [-0.05, 0) is 5.56 Å². The quantitative estimate of drug-likeness (QED) is 0.875. The normalized spacial score (nSPS) is 15.8. The topological polar surface area (TPSA) is 77.9 Å². The number of imide groups is 1. The summed E-state index contributed by atoms with van der Waals surface area (Å²) in [4.78, 5) is 36.5. The van der Waals surface area contributed by atoms with Crippen molar-refractivity contribution in [3.63, 3.8) is 0 Å². The summed E-state index contributed by atoms with van der Waals surface area (Å²) in [5.41, 5.74) is 0.945. The predicted octanol–water partition coefficient (Wildman–Crippen LogP) is 0.925. The molecule has 3 amide bonds. The first kappa shape index (κ1) is 13.1. The molecule has 1 aromatic carbocycles. The van der Waals surface area contributed by atoms with E-state index >= 15 is 0 Å². The Kier molecular flexibility index (Phi) is 3.79. The molecule has 0 aromatic heterocycles. The van der Waals surface area contributed by atoms with Crippen molar-refractivity contribution >= 4 is 17.9 Å². The van der Waals surface area contributed by atoms with Gasteiger partial charge in [0.25, 0.3) is 0 Å². The molecular weight excluding hydrogens is 248 g/mol. The lowest BCUT2D eigenvalue weighted by molar-refractivity contribution is -0.143.